The number of aromatic nitrogens is 2. The van der Waals surface area contributed by atoms with Gasteiger partial charge in [0.2, 0.25) is 5.92 Å². The Hall–Kier alpha value is -3.33. The molecule has 0 N–H and O–H groups in total. The molecule has 2 aliphatic carbocycles. The van der Waals surface area contributed by atoms with Crippen LogP contribution in [0, 0.1) is 12.3 Å². The quantitative estimate of drug-likeness (QED) is 0.291. The van der Waals surface area contributed by atoms with Crippen molar-refractivity contribution in [3.63, 3.8) is 0 Å². The zero-order valence-electron chi connectivity index (χ0n) is 25.0. The molecule has 3 fully saturated rings. The molecular formula is C33H39F2N3O4. The first kappa shape index (κ1) is 28.8. The van der Waals surface area contributed by atoms with E-state index in [0.29, 0.717) is 31.8 Å². The van der Waals surface area contributed by atoms with Crippen LogP contribution in [0.15, 0.2) is 36.7 Å². The van der Waals surface area contributed by atoms with Crippen molar-refractivity contribution in [2.45, 2.75) is 96.2 Å². The summed E-state index contributed by atoms with van der Waals surface area (Å²) in [4.78, 5) is 31.9. The predicted molar refractivity (Wildman–Crippen MR) is 155 cm³/mol. The third-order valence-electron chi connectivity index (χ3n) is 9.10. The lowest BCUT2D eigenvalue weighted by molar-refractivity contribution is -0.186. The first-order chi connectivity index (χ1) is 19.8. The van der Waals surface area contributed by atoms with Gasteiger partial charge in [-0.25, -0.2) is 23.4 Å². The minimum Gasteiger partial charge on any atom is -0.464 e. The number of carbonyl (C=O) groups excluding carboxylic acids is 2. The molecular weight excluding hydrogens is 540 g/mol. The highest BCUT2D eigenvalue weighted by Crippen LogP contribution is 2.60. The first-order valence-electron chi connectivity index (χ1n) is 14.8. The average Bonchev–Trinajstić information content (AvgIpc) is 3.65. The van der Waals surface area contributed by atoms with Gasteiger partial charge >= 0.3 is 12.1 Å². The van der Waals surface area contributed by atoms with Gasteiger partial charge in [-0.2, -0.15) is 0 Å². The molecule has 3 heterocycles. The maximum absolute atomic E-state index is 14.1. The normalized spacial score (nSPS) is 21.7. The molecule has 1 aliphatic heterocycles. The highest BCUT2D eigenvalue weighted by Gasteiger charge is 2.58. The van der Waals surface area contributed by atoms with Crippen LogP contribution in [-0.2, 0) is 16.0 Å². The van der Waals surface area contributed by atoms with Crippen LogP contribution in [0.25, 0.3) is 10.9 Å². The SMILES string of the molecule is COC(=O)c1ccc([C@H]2CC3(CCN2Cc2c(C4CC4)cc(C)c4c2ccn4C(=O)OC(C)(C)C)CC(F)(F)C3)cn1. The lowest BCUT2D eigenvalue weighted by atomic mass is 9.59. The summed E-state index contributed by atoms with van der Waals surface area (Å²) in [7, 11) is 1.32. The number of alkyl halides is 2. The second-order valence-electron chi connectivity index (χ2n) is 13.6. The number of halogens is 2. The third-order valence-corrected chi connectivity index (χ3v) is 9.10. The molecule has 224 valence electrons. The number of carbonyl (C=O) groups is 2. The Labute approximate surface area is 245 Å². The molecule has 9 heteroatoms. The summed E-state index contributed by atoms with van der Waals surface area (Å²) in [6.07, 6.45) is 6.47. The molecule has 2 aromatic heterocycles. The van der Waals surface area contributed by atoms with Crippen molar-refractivity contribution in [1.82, 2.24) is 14.5 Å². The molecule has 0 amide bonds. The summed E-state index contributed by atoms with van der Waals surface area (Å²) in [5.74, 6) is -2.64. The summed E-state index contributed by atoms with van der Waals surface area (Å²) in [6, 6.07) is 7.61. The molecule has 1 spiro atoms. The highest BCUT2D eigenvalue weighted by molar-refractivity contribution is 5.94. The van der Waals surface area contributed by atoms with E-state index in [1.807, 2.05) is 39.8 Å². The van der Waals surface area contributed by atoms with Gasteiger partial charge < -0.3 is 9.47 Å². The van der Waals surface area contributed by atoms with Crippen LogP contribution in [0.4, 0.5) is 13.6 Å². The van der Waals surface area contributed by atoms with Crippen molar-refractivity contribution in [3.8, 4) is 0 Å². The van der Waals surface area contributed by atoms with E-state index >= 15 is 0 Å². The fourth-order valence-electron chi connectivity index (χ4n) is 7.11. The van der Waals surface area contributed by atoms with Gasteiger partial charge in [0.1, 0.15) is 11.3 Å². The number of hydrogen-bond acceptors (Lipinski definition) is 6. The summed E-state index contributed by atoms with van der Waals surface area (Å²) >= 11 is 0. The molecule has 3 aliphatic rings. The molecule has 1 aromatic carbocycles. The van der Waals surface area contributed by atoms with Crippen LogP contribution < -0.4 is 0 Å². The Morgan fingerprint density at radius 1 is 1.14 bits per heavy atom. The van der Waals surface area contributed by atoms with Gasteiger partial charge in [0, 0.05) is 43.2 Å². The molecule has 6 rings (SSSR count). The van der Waals surface area contributed by atoms with Gasteiger partial charge in [0.05, 0.1) is 12.6 Å². The Balaban J connectivity index is 1.38. The number of esters is 1. The molecule has 2 saturated carbocycles. The Kier molecular flexibility index (Phi) is 6.95. The molecule has 0 bridgehead atoms. The van der Waals surface area contributed by atoms with E-state index in [-0.39, 0.29) is 24.6 Å². The number of ether oxygens (including phenoxy) is 2. The van der Waals surface area contributed by atoms with E-state index in [9.17, 15) is 18.4 Å². The van der Waals surface area contributed by atoms with Crippen LogP contribution in [0.3, 0.4) is 0 Å². The van der Waals surface area contributed by atoms with Gasteiger partial charge in [-0.15, -0.1) is 0 Å². The number of piperidine rings is 1. The van der Waals surface area contributed by atoms with E-state index in [0.717, 1.165) is 34.9 Å². The summed E-state index contributed by atoms with van der Waals surface area (Å²) in [6.45, 7) is 8.90. The van der Waals surface area contributed by atoms with Crippen LogP contribution in [0.5, 0.6) is 0 Å². The number of likely N-dealkylation sites (tertiary alicyclic amines) is 1. The number of aryl methyl sites for hydroxylation is 1. The molecule has 3 aromatic rings. The lowest BCUT2D eigenvalue weighted by Gasteiger charge is -2.54. The number of rotatable bonds is 5. The first-order valence-corrected chi connectivity index (χ1v) is 14.8. The maximum Gasteiger partial charge on any atom is 0.418 e. The minimum absolute atomic E-state index is 0.0845. The fourth-order valence-corrected chi connectivity index (χ4v) is 7.11. The molecule has 0 radical (unpaired) electrons. The second kappa shape index (κ2) is 10.1. The van der Waals surface area contributed by atoms with E-state index < -0.39 is 29.0 Å². The summed E-state index contributed by atoms with van der Waals surface area (Å²) < 4.78 is 40.4. The van der Waals surface area contributed by atoms with Crippen molar-refractivity contribution >= 4 is 23.0 Å². The van der Waals surface area contributed by atoms with Gasteiger partial charge in [-0.05, 0) is 106 Å². The minimum atomic E-state index is -2.60. The van der Waals surface area contributed by atoms with E-state index in [1.54, 1.807) is 23.0 Å². The fraction of sp³-hybridized carbons (Fsp3) is 0.545. The molecule has 7 nitrogen and oxygen atoms in total. The Morgan fingerprint density at radius 2 is 1.88 bits per heavy atom. The van der Waals surface area contributed by atoms with Crippen molar-refractivity contribution in [1.29, 1.82) is 0 Å². The largest absolute Gasteiger partial charge is 0.464 e. The topological polar surface area (TPSA) is 73.7 Å². The second-order valence-corrected chi connectivity index (χ2v) is 13.6. The number of pyridine rings is 1. The predicted octanol–water partition coefficient (Wildman–Crippen LogP) is 7.54. The number of benzene rings is 1. The lowest BCUT2D eigenvalue weighted by Crippen LogP contribution is -2.53. The van der Waals surface area contributed by atoms with Crippen LogP contribution in [0.2, 0.25) is 0 Å². The van der Waals surface area contributed by atoms with Crippen molar-refractivity contribution in [3.05, 3.63) is 64.6 Å². The van der Waals surface area contributed by atoms with E-state index in [4.69, 9.17) is 9.47 Å². The molecule has 1 saturated heterocycles. The third kappa shape index (κ3) is 5.43. The average molecular weight is 580 g/mol. The van der Waals surface area contributed by atoms with Crippen LogP contribution in [0.1, 0.15) is 104 Å². The zero-order chi connectivity index (χ0) is 30.0. The number of nitrogens with zero attached hydrogens (tertiary/aromatic N) is 3. The number of fused-ring (bicyclic) bond motifs is 1. The standard InChI is InChI=1S/C33H39F2N3O4/c1-20-14-24(21-6-7-21)25(23-10-12-38(28(20)23)30(40)42-31(2,3)4)17-37-13-11-32(18-33(34,35)19-32)15-27(37)22-8-9-26(36-16-22)29(39)41-5/h8-10,12,14,16,21,27H,6-7,11,13,15,17-19H2,1-5H3/t27-/m1/s1. The highest BCUT2D eigenvalue weighted by atomic mass is 19.3. The van der Waals surface area contributed by atoms with Crippen molar-refractivity contribution < 1.29 is 27.8 Å². The van der Waals surface area contributed by atoms with Gasteiger partial charge in [0.15, 0.2) is 0 Å². The van der Waals surface area contributed by atoms with Crippen molar-refractivity contribution in [2.24, 2.45) is 5.41 Å². The van der Waals surface area contributed by atoms with E-state index in [2.05, 4.69) is 16.0 Å². The van der Waals surface area contributed by atoms with Gasteiger partial charge in [0.25, 0.3) is 0 Å². The number of hydrogen-bond donors (Lipinski definition) is 0. The van der Waals surface area contributed by atoms with Crippen molar-refractivity contribution in [2.75, 3.05) is 13.7 Å². The van der Waals surface area contributed by atoms with Gasteiger partial charge in [-0.3, -0.25) is 9.47 Å². The Morgan fingerprint density at radius 3 is 2.48 bits per heavy atom. The van der Waals surface area contributed by atoms with Gasteiger partial charge in [-0.1, -0.05) is 12.1 Å². The summed E-state index contributed by atoms with van der Waals surface area (Å²) in [5, 5.41) is 1.02. The monoisotopic (exact) mass is 579 g/mol. The van der Waals surface area contributed by atoms with Crippen LogP contribution >= 0.6 is 0 Å². The molecule has 1 atom stereocenters. The molecule has 42 heavy (non-hydrogen) atoms. The zero-order valence-corrected chi connectivity index (χ0v) is 25.0. The van der Waals surface area contributed by atoms with E-state index in [1.165, 1.54) is 18.2 Å². The number of methoxy groups -OCH3 is 1. The summed E-state index contributed by atoms with van der Waals surface area (Å²) in [5.41, 5.74) is 4.46. The maximum atomic E-state index is 14.1. The Bertz CT molecular complexity index is 1530. The molecule has 0 unspecified atom stereocenters. The van der Waals surface area contributed by atoms with Crippen LogP contribution in [-0.4, -0.2) is 51.7 Å². The smallest absolute Gasteiger partial charge is 0.418 e.